The van der Waals surface area contributed by atoms with E-state index in [9.17, 15) is 16.8 Å². The summed E-state index contributed by atoms with van der Waals surface area (Å²) in [6.07, 6.45) is 0.913. The summed E-state index contributed by atoms with van der Waals surface area (Å²) in [5.74, 6) is 0. The minimum Gasteiger partial charge on any atom is -0.225 e. The van der Waals surface area contributed by atoms with E-state index in [1.165, 1.54) is 0 Å². The van der Waals surface area contributed by atoms with Crippen LogP contribution in [-0.2, 0) is 19.9 Å². The number of sulfonamides is 1. The van der Waals surface area contributed by atoms with Crippen LogP contribution in [0.2, 0.25) is 10.0 Å². The Morgan fingerprint density at radius 2 is 1.44 bits per heavy atom. The average Bonchev–Trinajstić information content (AvgIpc) is 1.97. The monoisotopic (exact) mass is 303 g/mol. The summed E-state index contributed by atoms with van der Waals surface area (Å²) in [5.41, 5.74) is 0. The largest absolute Gasteiger partial charge is 0.238 e. The zero-order chi connectivity index (χ0) is 12.7. The first kappa shape index (κ1) is 13.7. The Kier molecular flexibility index (Phi) is 3.56. The Labute approximate surface area is 103 Å². The van der Waals surface area contributed by atoms with E-state index in [4.69, 9.17) is 28.3 Å². The molecule has 0 saturated carbocycles. The Balaban J connectivity index is 3.66. The first-order valence-corrected chi connectivity index (χ1v) is 7.95. The van der Waals surface area contributed by atoms with Crippen LogP contribution in [0, 0.1) is 0 Å². The third-order valence-corrected chi connectivity index (χ3v) is 4.57. The molecule has 0 spiro atoms. The van der Waals surface area contributed by atoms with Crippen molar-refractivity contribution < 1.29 is 16.8 Å². The van der Waals surface area contributed by atoms with E-state index < -0.39 is 19.9 Å². The van der Waals surface area contributed by atoms with Crippen molar-refractivity contribution in [1.29, 1.82) is 0 Å². The molecule has 0 aliphatic carbocycles. The summed E-state index contributed by atoms with van der Waals surface area (Å²) in [6.45, 7) is 0. The molecule has 0 amide bonds. The van der Waals surface area contributed by atoms with Gasteiger partial charge in [-0.05, 0) is 12.1 Å². The summed E-state index contributed by atoms with van der Waals surface area (Å²) in [7, 11) is -7.60. The minimum atomic E-state index is -3.97. The van der Waals surface area contributed by atoms with E-state index in [-0.39, 0.29) is 19.8 Å². The van der Waals surface area contributed by atoms with Crippen LogP contribution in [0.4, 0.5) is 0 Å². The number of hydrogen-bond donors (Lipinski definition) is 1. The fourth-order valence-electron chi connectivity index (χ4n) is 1.06. The average molecular weight is 304 g/mol. The molecule has 9 heteroatoms. The van der Waals surface area contributed by atoms with Crippen molar-refractivity contribution in [1.82, 2.24) is 0 Å². The number of rotatable bonds is 2. The van der Waals surface area contributed by atoms with Gasteiger partial charge in [0.2, 0.25) is 10.0 Å². The molecule has 0 aliphatic rings. The number of benzene rings is 1. The van der Waals surface area contributed by atoms with Crippen molar-refractivity contribution in [2.75, 3.05) is 6.26 Å². The van der Waals surface area contributed by atoms with Gasteiger partial charge in [-0.25, -0.2) is 22.0 Å². The standard InChI is InChI=1S/C7H7Cl2NO4S2/c1-15(11,12)7-5(8)2-4(3-6(7)9)16(10,13)14/h2-3H,1H3,(H2,10,13,14). The number of primary sulfonamides is 1. The summed E-state index contributed by atoms with van der Waals surface area (Å²) < 4.78 is 44.6. The van der Waals surface area contributed by atoms with Crippen molar-refractivity contribution in [2.24, 2.45) is 5.14 Å². The lowest BCUT2D eigenvalue weighted by atomic mass is 10.3. The second kappa shape index (κ2) is 4.15. The second-order valence-corrected chi connectivity index (χ2v) is 7.36. The van der Waals surface area contributed by atoms with Gasteiger partial charge in [0.05, 0.1) is 14.9 Å². The molecule has 0 aliphatic heterocycles. The van der Waals surface area contributed by atoms with Crippen LogP contribution in [-0.4, -0.2) is 23.1 Å². The van der Waals surface area contributed by atoms with Gasteiger partial charge in [0.25, 0.3) is 0 Å². The lowest BCUT2D eigenvalue weighted by Crippen LogP contribution is -2.13. The van der Waals surface area contributed by atoms with Crippen molar-refractivity contribution >= 4 is 43.1 Å². The number of hydrogen-bond acceptors (Lipinski definition) is 4. The fourth-order valence-corrected chi connectivity index (χ4v) is 3.90. The highest BCUT2D eigenvalue weighted by Gasteiger charge is 2.20. The Morgan fingerprint density at radius 3 is 1.69 bits per heavy atom. The van der Waals surface area contributed by atoms with E-state index in [1.807, 2.05) is 0 Å². The highest BCUT2D eigenvalue weighted by Crippen LogP contribution is 2.31. The maximum atomic E-state index is 11.3. The van der Waals surface area contributed by atoms with Gasteiger partial charge in [-0.15, -0.1) is 0 Å². The third kappa shape index (κ3) is 2.86. The third-order valence-electron chi connectivity index (χ3n) is 1.67. The predicted octanol–water partition coefficient (Wildman–Crippen LogP) is 1.04. The van der Waals surface area contributed by atoms with Gasteiger partial charge in [-0.3, -0.25) is 0 Å². The van der Waals surface area contributed by atoms with Gasteiger partial charge < -0.3 is 0 Å². The number of halogens is 2. The van der Waals surface area contributed by atoms with Crippen molar-refractivity contribution in [3.63, 3.8) is 0 Å². The van der Waals surface area contributed by atoms with Crippen molar-refractivity contribution in [3.05, 3.63) is 22.2 Å². The molecule has 0 heterocycles. The van der Waals surface area contributed by atoms with Crippen molar-refractivity contribution in [3.8, 4) is 0 Å². The van der Waals surface area contributed by atoms with E-state index in [0.717, 1.165) is 18.4 Å². The van der Waals surface area contributed by atoms with Gasteiger partial charge >= 0.3 is 0 Å². The molecule has 90 valence electrons. The van der Waals surface area contributed by atoms with Crippen LogP contribution in [0.5, 0.6) is 0 Å². The molecule has 2 N–H and O–H groups in total. The van der Waals surface area contributed by atoms with Crippen LogP contribution in [0.15, 0.2) is 21.9 Å². The maximum Gasteiger partial charge on any atom is 0.238 e. The Bertz CT molecular complexity index is 613. The summed E-state index contributed by atoms with van der Waals surface area (Å²) >= 11 is 11.3. The summed E-state index contributed by atoms with van der Waals surface area (Å²) in [5, 5.41) is 4.30. The molecule has 0 fully saturated rings. The van der Waals surface area contributed by atoms with E-state index >= 15 is 0 Å². The van der Waals surface area contributed by atoms with Gasteiger partial charge in [-0.1, -0.05) is 23.2 Å². The molecule has 5 nitrogen and oxygen atoms in total. The van der Waals surface area contributed by atoms with Gasteiger partial charge in [0.1, 0.15) is 4.90 Å². The molecule has 0 radical (unpaired) electrons. The van der Waals surface area contributed by atoms with Crippen molar-refractivity contribution in [2.45, 2.75) is 9.79 Å². The lowest BCUT2D eigenvalue weighted by molar-refractivity contribution is 0.595. The Hall–Kier alpha value is -0.340. The first-order chi connectivity index (χ1) is 7.03. The van der Waals surface area contributed by atoms with E-state index in [1.54, 1.807) is 0 Å². The summed E-state index contributed by atoms with van der Waals surface area (Å²) in [6, 6.07) is 1.89. The molecule has 1 aromatic rings. The zero-order valence-electron chi connectivity index (χ0n) is 7.94. The number of sulfone groups is 1. The molecule has 1 aromatic carbocycles. The van der Waals surface area contributed by atoms with Crippen LogP contribution in [0.1, 0.15) is 0 Å². The van der Waals surface area contributed by atoms with Crippen LogP contribution in [0.3, 0.4) is 0 Å². The molecular formula is C7H7Cl2NO4S2. The smallest absolute Gasteiger partial charge is 0.225 e. The predicted molar refractivity (Wildman–Crippen MR) is 60.9 cm³/mol. The van der Waals surface area contributed by atoms with E-state index in [0.29, 0.717) is 0 Å². The molecule has 1 rings (SSSR count). The maximum absolute atomic E-state index is 11.3. The Morgan fingerprint density at radius 1 is 1.06 bits per heavy atom. The molecule has 0 unspecified atom stereocenters. The lowest BCUT2D eigenvalue weighted by Gasteiger charge is -2.06. The normalized spacial score (nSPS) is 12.8. The topological polar surface area (TPSA) is 94.3 Å². The molecule has 0 aromatic heterocycles. The highest BCUT2D eigenvalue weighted by atomic mass is 35.5. The first-order valence-electron chi connectivity index (χ1n) is 3.75. The van der Waals surface area contributed by atoms with Gasteiger partial charge in [0, 0.05) is 6.26 Å². The van der Waals surface area contributed by atoms with Gasteiger partial charge in [0.15, 0.2) is 9.84 Å². The quantitative estimate of drug-likeness (QED) is 0.883. The molecule has 0 atom stereocenters. The van der Waals surface area contributed by atoms with Gasteiger partial charge in [-0.2, -0.15) is 0 Å². The van der Waals surface area contributed by atoms with E-state index in [2.05, 4.69) is 0 Å². The van der Waals surface area contributed by atoms with Crippen LogP contribution >= 0.6 is 23.2 Å². The SMILES string of the molecule is CS(=O)(=O)c1c(Cl)cc(S(N)(=O)=O)cc1Cl. The zero-order valence-corrected chi connectivity index (χ0v) is 11.1. The fraction of sp³-hybridized carbons (Fsp3) is 0.143. The summed E-state index contributed by atoms with van der Waals surface area (Å²) in [4.78, 5) is -0.655. The minimum absolute atomic E-state index is 0.279. The molecule has 0 saturated heterocycles. The number of nitrogens with two attached hydrogens (primary N) is 1. The van der Waals surface area contributed by atoms with Crippen LogP contribution in [0.25, 0.3) is 0 Å². The van der Waals surface area contributed by atoms with Crippen LogP contribution < -0.4 is 5.14 Å². The molecular weight excluding hydrogens is 297 g/mol. The second-order valence-electron chi connectivity index (χ2n) is 3.03. The molecule has 16 heavy (non-hydrogen) atoms. The highest BCUT2D eigenvalue weighted by molar-refractivity contribution is 7.91. The molecule has 0 bridgehead atoms.